The van der Waals surface area contributed by atoms with Crippen LogP contribution in [0.5, 0.6) is 0 Å². The molecule has 7 heteroatoms. The molecule has 1 heterocycles. The zero-order chi connectivity index (χ0) is 22.0. The van der Waals surface area contributed by atoms with Crippen molar-refractivity contribution in [2.24, 2.45) is 0 Å². The molecule has 0 spiro atoms. The number of allylic oxidation sites excluding steroid dienone is 1. The Hall–Kier alpha value is -3.71. The molecule has 156 valence electrons. The molecule has 0 saturated heterocycles. The molecule has 0 saturated carbocycles. The van der Waals surface area contributed by atoms with Gasteiger partial charge < -0.3 is 5.32 Å². The van der Waals surface area contributed by atoms with Gasteiger partial charge in [-0.1, -0.05) is 66.7 Å². The average molecular weight is 433 g/mol. The van der Waals surface area contributed by atoms with Crippen LogP contribution in [0.15, 0.2) is 95.5 Å². The lowest BCUT2D eigenvalue weighted by molar-refractivity contribution is 0.0972. The molecular formula is C24H20N2O4S. The Morgan fingerprint density at radius 3 is 1.97 bits per heavy atom. The van der Waals surface area contributed by atoms with Crippen LogP contribution in [0, 0.1) is 0 Å². The Bertz CT molecular complexity index is 1280. The van der Waals surface area contributed by atoms with Crippen molar-refractivity contribution in [3.8, 4) is 0 Å². The van der Waals surface area contributed by atoms with Crippen molar-refractivity contribution < 1.29 is 18.0 Å². The number of hydrogen-bond acceptors (Lipinski definition) is 4. The maximum absolute atomic E-state index is 13.5. The number of fused-ring (bicyclic) bond motifs is 1. The predicted octanol–water partition coefficient (Wildman–Crippen LogP) is 3.69. The normalized spacial score (nSPS) is 14.7. The number of rotatable bonds is 5. The number of nitrogens with one attached hydrogen (secondary N) is 1. The van der Waals surface area contributed by atoms with Gasteiger partial charge in [0.25, 0.3) is 15.9 Å². The summed E-state index contributed by atoms with van der Waals surface area (Å²) < 4.78 is 27.7. The molecule has 1 amide bonds. The minimum absolute atomic E-state index is 0.0370. The largest absolute Gasteiger partial charge is 0.319 e. The summed E-state index contributed by atoms with van der Waals surface area (Å²) in [5.74, 6) is -0.914. The second kappa shape index (κ2) is 8.20. The monoisotopic (exact) mass is 432 g/mol. The Labute approximate surface area is 180 Å². The Balaban J connectivity index is 1.96. The molecule has 0 radical (unpaired) electrons. The standard InChI is InChI=1S/C24H20N2O4S/c1-2-26-22(23(27)17-11-5-3-6-12-17)21(25-24(28)18-13-7-4-8-14-18)19-15-9-10-16-20(19)31(26,29)30/h3-16H,2H2,1H3,(H,25,28). The van der Waals surface area contributed by atoms with Crippen LogP contribution in [-0.4, -0.2) is 31.0 Å². The van der Waals surface area contributed by atoms with Gasteiger partial charge in [-0.2, -0.15) is 0 Å². The summed E-state index contributed by atoms with van der Waals surface area (Å²) in [5.41, 5.74) is 1.12. The maximum atomic E-state index is 13.5. The molecule has 3 aromatic carbocycles. The van der Waals surface area contributed by atoms with Crippen molar-refractivity contribution >= 4 is 27.4 Å². The van der Waals surface area contributed by atoms with Crippen LogP contribution in [0.3, 0.4) is 0 Å². The zero-order valence-corrected chi connectivity index (χ0v) is 17.6. The van der Waals surface area contributed by atoms with Gasteiger partial charge in [-0.25, -0.2) is 8.42 Å². The molecule has 4 rings (SSSR count). The van der Waals surface area contributed by atoms with E-state index in [1.54, 1.807) is 85.8 Å². The topological polar surface area (TPSA) is 83.6 Å². The number of carbonyl (C=O) groups excluding carboxylic acids is 2. The van der Waals surface area contributed by atoms with Gasteiger partial charge in [-0.05, 0) is 25.1 Å². The highest BCUT2D eigenvalue weighted by molar-refractivity contribution is 7.89. The molecule has 1 aliphatic heterocycles. The van der Waals surface area contributed by atoms with E-state index in [2.05, 4.69) is 5.32 Å². The smallest absolute Gasteiger partial charge is 0.265 e. The van der Waals surface area contributed by atoms with Crippen LogP contribution in [0.4, 0.5) is 0 Å². The number of carbonyl (C=O) groups is 2. The number of Topliss-reactive ketones (excluding diaryl/α,β-unsaturated/α-hetero) is 1. The molecule has 1 aliphatic rings. The number of amides is 1. The summed E-state index contributed by atoms with van der Waals surface area (Å²) in [7, 11) is -3.97. The Morgan fingerprint density at radius 2 is 1.35 bits per heavy atom. The SMILES string of the molecule is CCN1C(C(=O)c2ccccc2)=C(NC(=O)c2ccccc2)c2ccccc2S1(=O)=O. The van der Waals surface area contributed by atoms with Gasteiger partial charge in [0.1, 0.15) is 5.70 Å². The van der Waals surface area contributed by atoms with Gasteiger partial charge in [0, 0.05) is 23.2 Å². The molecule has 0 fully saturated rings. The van der Waals surface area contributed by atoms with E-state index < -0.39 is 21.7 Å². The van der Waals surface area contributed by atoms with Crippen molar-refractivity contribution in [1.29, 1.82) is 0 Å². The van der Waals surface area contributed by atoms with Crippen molar-refractivity contribution in [2.45, 2.75) is 11.8 Å². The Kier molecular flexibility index (Phi) is 5.44. The number of sulfonamides is 1. The molecule has 0 atom stereocenters. The first-order valence-corrected chi connectivity index (χ1v) is 11.2. The summed E-state index contributed by atoms with van der Waals surface area (Å²) >= 11 is 0. The van der Waals surface area contributed by atoms with Gasteiger partial charge >= 0.3 is 0 Å². The van der Waals surface area contributed by atoms with E-state index in [9.17, 15) is 18.0 Å². The summed E-state index contributed by atoms with van der Waals surface area (Å²) in [5, 5.41) is 2.81. The van der Waals surface area contributed by atoms with Crippen LogP contribution in [0.2, 0.25) is 0 Å². The molecule has 6 nitrogen and oxygen atoms in total. The molecule has 0 aromatic heterocycles. The fraction of sp³-hybridized carbons (Fsp3) is 0.0833. The van der Waals surface area contributed by atoms with Crippen molar-refractivity contribution in [2.75, 3.05) is 6.54 Å². The van der Waals surface area contributed by atoms with Gasteiger partial charge in [-0.15, -0.1) is 0 Å². The molecule has 0 bridgehead atoms. The van der Waals surface area contributed by atoms with E-state index in [4.69, 9.17) is 0 Å². The Morgan fingerprint density at radius 1 is 0.806 bits per heavy atom. The quantitative estimate of drug-likeness (QED) is 0.624. The highest BCUT2D eigenvalue weighted by Crippen LogP contribution is 2.36. The highest BCUT2D eigenvalue weighted by atomic mass is 32.2. The minimum atomic E-state index is -3.97. The minimum Gasteiger partial charge on any atom is -0.319 e. The zero-order valence-electron chi connectivity index (χ0n) is 16.8. The fourth-order valence-electron chi connectivity index (χ4n) is 3.57. The fourth-order valence-corrected chi connectivity index (χ4v) is 5.26. The molecule has 0 unspecified atom stereocenters. The van der Waals surface area contributed by atoms with Crippen LogP contribution in [-0.2, 0) is 10.0 Å². The van der Waals surface area contributed by atoms with E-state index >= 15 is 0 Å². The molecular weight excluding hydrogens is 412 g/mol. The van der Waals surface area contributed by atoms with Crippen LogP contribution in [0.25, 0.3) is 5.70 Å². The first kappa shape index (κ1) is 20.6. The number of likely N-dealkylation sites (N-methyl/N-ethyl adjacent to an activating group) is 1. The number of hydrogen-bond donors (Lipinski definition) is 1. The lowest BCUT2D eigenvalue weighted by atomic mass is 10.0. The van der Waals surface area contributed by atoms with E-state index in [0.717, 1.165) is 4.31 Å². The second-order valence-corrected chi connectivity index (χ2v) is 8.74. The first-order valence-electron chi connectivity index (χ1n) is 9.77. The first-order chi connectivity index (χ1) is 14.9. The van der Waals surface area contributed by atoms with E-state index in [1.165, 1.54) is 6.07 Å². The average Bonchev–Trinajstić information content (AvgIpc) is 2.81. The van der Waals surface area contributed by atoms with Crippen molar-refractivity contribution in [3.63, 3.8) is 0 Å². The van der Waals surface area contributed by atoms with Crippen molar-refractivity contribution in [1.82, 2.24) is 9.62 Å². The molecule has 1 N–H and O–H groups in total. The van der Waals surface area contributed by atoms with E-state index in [0.29, 0.717) is 11.1 Å². The maximum Gasteiger partial charge on any atom is 0.265 e. The second-order valence-electron chi connectivity index (χ2n) is 6.90. The lowest BCUT2D eigenvalue weighted by Crippen LogP contribution is -2.41. The third kappa shape index (κ3) is 3.64. The third-order valence-corrected chi connectivity index (χ3v) is 6.96. The molecule has 0 aliphatic carbocycles. The highest BCUT2D eigenvalue weighted by Gasteiger charge is 2.39. The number of benzene rings is 3. The van der Waals surface area contributed by atoms with Crippen LogP contribution in [0.1, 0.15) is 33.2 Å². The van der Waals surface area contributed by atoms with E-state index in [-0.39, 0.29) is 28.4 Å². The lowest BCUT2D eigenvalue weighted by Gasteiger charge is -2.33. The number of nitrogens with zero attached hydrogens (tertiary/aromatic N) is 1. The molecule has 31 heavy (non-hydrogen) atoms. The van der Waals surface area contributed by atoms with Crippen molar-refractivity contribution in [3.05, 3.63) is 107 Å². The van der Waals surface area contributed by atoms with Crippen LogP contribution < -0.4 is 5.32 Å². The number of ketones is 1. The summed E-state index contributed by atoms with van der Waals surface area (Å²) in [6.45, 7) is 1.69. The van der Waals surface area contributed by atoms with Gasteiger partial charge in [-0.3, -0.25) is 13.9 Å². The summed E-state index contributed by atoms with van der Waals surface area (Å²) in [4.78, 5) is 26.5. The summed E-state index contributed by atoms with van der Waals surface area (Å²) in [6.07, 6.45) is 0. The van der Waals surface area contributed by atoms with Gasteiger partial charge in [0.15, 0.2) is 0 Å². The van der Waals surface area contributed by atoms with Crippen LogP contribution >= 0.6 is 0 Å². The summed E-state index contributed by atoms with van der Waals surface area (Å²) in [6, 6.07) is 23.3. The van der Waals surface area contributed by atoms with Gasteiger partial charge in [0.2, 0.25) is 5.78 Å². The van der Waals surface area contributed by atoms with E-state index in [1.807, 2.05) is 0 Å². The third-order valence-electron chi connectivity index (χ3n) is 5.02. The predicted molar refractivity (Wildman–Crippen MR) is 118 cm³/mol. The van der Waals surface area contributed by atoms with Gasteiger partial charge in [0.05, 0.1) is 10.6 Å². The molecule has 3 aromatic rings.